The summed E-state index contributed by atoms with van der Waals surface area (Å²) in [6.45, 7) is 0. The lowest BCUT2D eigenvalue weighted by molar-refractivity contribution is -0.275. The molecule has 1 aromatic heterocycles. The Labute approximate surface area is 97.3 Å². The summed E-state index contributed by atoms with van der Waals surface area (Å²) in [4.78, 5) is 13.7. The second-order valence-corrected chi connectivity index (χ2v) is 2.92. The second kappa shape index (κ2) is 5.15. The van der Waals surface area contributed by atoms with Crippen LogP contribution < -0.4 is 9.47 Å². The van der Waals surface area contributed by atoms with E-state index < -0.39 is 35.5 Å². The lowest BCUT2D eigenvalue weighted by atomic mass is 10.2. The van der Waals surface area contributed by atoms with E-state index in [2.05, 4.69) is 14.5 Å². The minimum Gasteiger partial charge on any atom is -0.494 e. The summed E-state index contributed by atoms with van der Waals surface area (Å²) in [7, 11) is 0.973. The van der Waals surface area contributed by atoms with Gasteiger partial charge in [-0.05, 0) is 0 Å². The summed E-state index contributed by atoms with van der Waals surface area (Å²) in [5, 5.41) is 0. The maximum Gasteiger partial charge on any atom is 0.573 e. The minimum atomic E-state index is -5.23. The van der Waals surface area contributed by atoms with Gasteiger partial charge in [0.15, 0.2) is 12.0 Å². The first kappa shape index (κ1) is 14.1. The monoisotopic (exact) mass is 271 g/mol. The van der Waals surface area contributed by atoms with Crippen molar-refractivity contribution >= 4 is 6.29 Å². The van der Waals surface area contributed by atoms with Crippen molar-refractivity contribution in [1.82, 2.24) is 4.98 Å². The molecule has 4 nitrogen and oxygen atoms in total. The van der Waals surface area contributed by atoms with Crippen molar-refractivity contribution in [2.45, 2.75) is 12.8 Å². The summed E-state index contributed by atoms with van der Waals surface area (Å²) < 4.78 is 69.5. The van der Waals surface area contributed by atoms with Crippen molar-refractivity contribution in [3.8, 4) is 11.5 Å². The van der Waals surface area contributed by atoms with Crippen LogP contribution in [0.4, 0.5) is 22.0 Å². The Balaban J connectivity index is 3.45. The summed E-state index contributed by atoms with van der Waals surface area (Å²) >= 11 is 0. The standard InChI is InChI=1S/C9H6F5NO3/c1-17-5-2-15-4(3-16)7(6(5)8(10)11)18-9(12,13)14/h2-3,8H,1H3. The van der Waals surface area contributed by atoms with Gasteiger partial charge in [0, 0.05) is 0 Å². The quantitative estimate of drug-likeness (QED) is 0.624. The fourth-order valence-electron chi connectivity index (χ4n) is 1.18. The van der Waals surface area contributed by atoms with Crippen molar-refractivity contribution in [2.75, 3.05) is 7.11 Å². The molecule has 9 heteroatoms. The molecule has 0 unspecified atom stereocenters. The minimum absolute atomic E-state index is 0.119. The van der Waals surface area contributed by atoms with Crippen LogP contribution in [0, 0.1) is 0 Å². The fraction of sp³-hybridized carbons (Fsp3) is 0.333. The molecule has 18 heavy (non-hydrogen) atoms. The normalized spacial score (nSPS) is 11.5. The molecule has 1 rings (SSSR count). The molecule has 0 aromatic carbocycles. The predicted octanol–water partition coefficient (Wildman–Crippen LogP) is 2.74. The maximum atomic E-state index is 12.7. The molecule has 0 bridgehead atoms. The van der Waals surface area contributed by atoms with Crippen LogP contribution in [0.3, 0.4) is 0 Å². The van der Waals surface area contributed by atoms with Crippen LogP contribution in [0.2, 0.25) is 0 Å². The van der Waals surface area contributed by atoms with Gasteiger partial charge in [0.25, 0.3) is 6.43 Å². The predicted molar refractivity (Wildman–Crippen MR) is 47.8 cm³/mol. The molecule has 0 saturated heterocycles. The van der Waals surface area contributed by atoms with Crippen LogP contribution in [-0.2, 0) is 0 Å². The van der Waals surface area contributed by atoms with Crippen LogP contribution in [0.25, 0.3) is 0 Å². The summed E-state index contributed by atoms with van der Waals surface area (Å²) in [6.07, 6.45) is -7.95. The Bertz CT molecular complexity index is 447. The van der Waals surface area contributed by atoms with E-state index in [4.69, 9.17) is 0 Å². The maximum absolute atomic E-state index is 12.7. The highest BCUT2D eigenvalue weighted by Gasteiger charge is 2.36. The third-order valence-electron chi connectivity index (χ3n) is 1.83. The molecule has 0 fully saturated rings. The zero-order valence-corrected chi connectivity index (χ0v) is 8.79. The largest absolute Gasteiger partial charge is 0.573 e. The van der Waals surface area contributed by atoms with E-state index in [1.165, 1.54) is 0 Å². The Morgan fingerprint density at radius 2 is 2.00 bits per heavy atom. The smallest absolute Gasteiger partial charge is 0.494 e. The van der Waals surface area contributed by atoms with Gasteiger partial charge in [0.05, 0.1) is 13.3 Å². The van der Waals surface area contributed by atoms with Crippen molar-refractivity contribution in [3.05, 3.63) is 17.5 Å². The first-order chi connectivity index (χ1) is 8.30. The van der Waals surface area contributed by atoms with E-state index in [1.54, 1.807) is 0 Å². The van der Waals surface area contributed by atoms with E-state index in [0.29, 0.717) is 6.20 Å². The number of rotatable bonds is 4. The Morgan fingerprint density at radius 1 is 1.39 bits per heavy atom. The van der Waals surface area contributed by atoms with Crippen LogP contribution in [-0.4, -0.2) is 24.7 Å². The molecule has 0 N–H and O–H groups in total. The van der Waals surface area contributed by atoms with E-state index in [0.717, 1.165) is 7.11 Å². The van der Waals surface area contributed by atoms with Gasteiger partial charge in [0.2, 0.25) is 0 Å². The SMILES string of the molecule is COc1cnc(C=O)c(OC(F)(F)F)c1C(F)F. The van der Waals surface area contributed by atoms with Gasteiger partial charge in [-0.15, -0.1) is 13.2 Å². The van der Waals surface area contributed by atoms with Crippen LogP contribution >= 0.6 is 0 Å². The average Bonchev–Trinajstić information content (AvgIpc) is 2.25. The number of halogens is 5. The molecule has 0 saturated carbocycles. The van der Waals surface area contributed by atoms with Gasteiger partial charge in [0.1, 0.15) is 17.0 Å². The fourth-order valence-corrected chi connectivity index (χ4v) is 1.18. The van der Waals surface area contributed by atoms with Gasteiger partial charge < -0.3 is 9.47 Å². The third kappa shape index (κ3) is 3.05. The lowest BCUT2D eigenvalue weighted by Gasteiger charge is -2.16. The number of ether oxygens (including phenoxy) is 2. The van der Waals surface area contributed by atoms with Gasteiger partial charge in [-0.3, -0.25) is 4.79 Å². The van der Waals surface area contributed by atoms with E-state index >= 15 is 0 Å². The van der Waals surface area contributed by atoms with Crippen LogP contribution in [0.5, 0.6) is 11.5 Å². The molecule has 0 atom stereocenters. The number of carbonyl (C=O) groups excluding carboxylic acids is 1. The third-order valence-corrected chi connectivity index (χ3v) is 1.83. The van der Waals surface area contributed by atoms with Crippen molar-refractivity contribution < 1.29 is 36.2 Å². The van der Waals surface area contributed by atoms with E-state index in [9.17, 15) is 26.7 Å². The number of hydrogen-bond donors (Lipinski definition) is 0. The van der Waals surface area contributed by atoms with Gasteiger partial charge in [-0.25, -0.2) is 13.8 Å². The highest BCUT2D eigenvalue weighted by Crippen LogP contribution is 2.40. The topological polar surface area (TPSA) is 48.4 Å². The van der Waals surface area contributed by atoms with Crippen LogP contribution in [0.15, 0.2) is 6.20 Å². The van der Waals surface area contributed by atoms with Crippen molar-refractivity contribution in [3.63, 3.8) is 0 Å². The number of pyridine rings is 1. The number of hydrogen-bond acceptors (Lipinski definition) is 4. The Kier molecular flexibility index (Phi) is 4.04. The highest BCUT2D eigenvalue weighted by molar-refractivity contribution is 5.78. The molecule has 1 aromatic rings. The second-order valence-electron chi connectivity index (χ2n) is 2.92. The van der Waals surface area contributed by atoms with Crippen LogP contribution in [0.1, 0.15) is 22.5 Å². The number of alkyl halides is 5. The molecule has 0 amide bonds. The molecule has 0 aliphatic rings. The Morgan fingerprint density at radius 3 is 2.39 bits per heavy atom. The summed E-state index contributed by atoms with van der Waals surface area (Å²) in [6, 6.07) is 0. The zero-order chi connectivity index (χ0) is 13.9. The van der Waals surface area contributed by atoms with E-state index in [1.807, 2.05) is 0 Å². The van der Waals surface area contributed by atoms with E-state index in [-0.39, 0.29) is 6.29 Å². The number of carbonyl (C=O) groups is 1. The molecular weight excluding hydrogens is 265 g/mol. The zero-order valence-electron chi connectivity index (χ0n) is 8.79. The first-order valence-electron chi connectivity index (χ1n) is 4.36. The first-order valence-corrected chi connectivity index (χ1v) is 4.36. The number of aldehydes is 1. The number of methoxy groups -OCH3 is 1. The molecular formula is C9H6F5NO3. The average molecular weight is 271 g/mol. The molecule has 0 radical (unpaired) electrons. The highest BCUT2D eigenvalue weighted by atomic mass is 19.4. The van der Waals surface area contributed by atoms with Gasteiger partial charge in [-0.2, -0.15) is 0 Å². The molecule has 0 aliphatic carbocycles. The van der Waals surface area contributed by atoms with Gasteiger partial charge >= 0.3 is 6.36 Å². The molecule has 0 spiro atoms. The Hall–Kier alpha value is -1.93. The molecule has 100 valence electrons. The number of nitrogens with zero attached hydrogens (tertiary/aromatic N) is 1. The van der Waals surface area contributed by atoms with Gasteiger partial charge in [-0.1, -0.05) is 0 Å². The summed E-state index contributed by atoms with van der Waals surface area (Å²) in [5.41, 5.74) is -2.06. The number of aromatic nitrogens is 1. The molecule has 1 heterocycles. The lowest BCUT2D eigenvalue weighted by Crippen LogP contribution is -2.20. The van der Waals surface area contributed by atoms with Crippen molar-refractivity contribution in [1.29, 1.82) is 0 Å². The summed E-state index contributed by atoms with van der Waals surface area (Å²) in [5.74, 6) is -1.96. The molecule has 0 aliphatic heterocycles. The van der Waals surface area contributed by atoms with Crippen molar-refractivity contribution in [2.24, 2.45) is 0 Å².